The van der Waals surface area contributed by atoms with E-state index in [9.17, 15) is 0 Å². The van der Waals surface area contributed by atoms with E-state index >= 15 is 0 Å². The minimum absolute atomic E-state index is 0.0505. The highest BCUT2D eigenvalue weighted by Gasteiger charge is 2.11. The first-order valence-electron chi connectivity index (χ1n) is 6.32. The molecule has 1 aromatic heterocycles. The first kappa shape index (κ1) is 12.1. The zero-order chi connectivity index (χ0) is 12.3. The number of rotatable bonds is 4. The van der Waals surface area contributed by atoms with Crippen molar-refractivity contribution in [3.8, 4) is 0 Å². The van der Waals surface area contributed by atoms with Gasteiger partial charge in [-0.25, -0.2) is 0 Å². The van der Waals surface area contributed by atoms with Crippen LogP contribution in [-0.2, 0) is 0 Å². The van der Waals surface area contributed by atoms with Crippen LogP contribution in [0.4, 0.5) is 0 Å². The Balaban J connectivity index is 2.23. The molecule has 0 saturated heterocycles. The summed E-state index contributed by atoms with van der Waals surface area (Å²) in [5, 5.41) is 1.17. The number of pyridine rings is 1. The maximum absolute atomic E-state index is 6.20. The van der Waals surface area contributed by atoms with Gasteiger partial charge in [0.05, 0.1) is 11.2 Å². The molecule has 0 radical (unpaired) electrons. The molecule has 0 spiro atoms. The van der Waals surface area contributed by atoms with E-state index in [0.717, 1.165) is 17.6 Å². The van der Waals surface area contributed by atoms with Gasteiger partial charge in [0, 0.05) is 11.4 Å². The summed E-state index contributed by atoms with van der Waals surface area (Å²) in [5.41, 5.74) is 8.24. The molecule has 2 heteroatoms. The first-order valence-corrected chi connectivity index (χ1v) is 6.32. The zero-order valence-electron chi connectivity index (χ0n) is 10.6. The Bertz CT molecular complexity index is 493. The van der Waals surface area contributed by atoms with Gasteiger partial charge in [0.15, 0.2) is 0 Å². The highest BCUT2D eigenvalue weighted by atomic mass is 14.8. The fourth-order valence-electron chi connectivity index (χ4n) is 2.01. The van der Waals surface area contributed by atoms with Gasteiger partial charge in [0.25, 0.3) is 0 Å². The van der Waals surface area contributed by atoms with E-state index in [-0.39, 0.29) is 6.04 Å². The van der Waals surface area contributed by atoms with Crippen LogP contribution in [0.3, 0.4) is 0 Å². The molecule has 2 unspecified atom stereocenters. The number of hydrogen-bond acceptors (Lipinski definition) is 2. The van der Waals surface area contributed by atoms with E-state index in [1.165, 1.54) is 11.8 Å². The maximum atomic E-state index is 6.20. The topological polar surface area (TPSA) is 38.9 Å². The third-order valence-electron chi connectivity index (χ3n) is 3.35. The van der Waals surface area contributed by atoms with Crippen molar-refractivity contribution >= 4 is 10.9 Å². The summed E-state index contributed by atoms with van der Waals surface area (Å²) in [7, 11) is 0. The summed E-state index contributed by atoms with van der Waals surface area (Å²) in [5.74, 6) is 0.651. The first-order chi connectivity index (χ1) is 8.20. The molecule has 90 valence electrons. The Kier molecular flexibility index (Phi) is 3.75. The summed E-state index contributed by atoms with van der Waals surface area (Å²) >= 11 is 0. The van der Waals surface area contributed by atoms with Crippen LogP contribution in [0, 0.1) is 5.92 Å². The molecule has 1 heterocycles. The molecule has 2 aromatic rings. The number of nitrogens with two attached hydrogens (primary N) is 1. The van der Waals surface area contributed by atoms with Crippen molar-refractivity contribution in [3.05, 3.63) is 42.1 Å². The zero-order valence-corrected chi connectivity index (χ0v) is 10.6. The van der Waals surface area contributed by atoms with Gasteiger partial charge in [-0.1, -0.05) is 44.5 Å². The van der Waals surface area contributed by atoms with Crippen LogP contribution in [0.2, 0.25) is 0 Å². The van der Waals surface area contributed by atoms with Crippen molar-refractivity contribution in [3.63, 3.8) is 0 Å². The monoisotopic (exact) mass is 228 g/mol. The van der Waals surface area contributed by atoms with Gasteiger partial charge in [-0.15, -0.1) is 0 Å². The van der Waals surface area contributed by atoms with Crippen molar-refractivity contribution in [2.24, 2.45) is 11.7 Å². The predicted octanol–water partition coefficient (Wildman–Crippen LogP) is 3.67. The van der Waals surface area contributed by atoms with Gasteiger partial charge in [0.2, 0.25) is 0 Å². The number of benzene rings is 1. The lowest BCUT2D eigenvalue weighted by atomic mass is 9.97. The van der Waals surface area contributed by atoms with E-state index in [1.807, 2.05) is 18.2 Å². The molecule has 2 rings (SSSR count). The molecule has 0 fully saturated rings. The summed E-state index contributed by atoms with van der Waals surface area (Å²) in [6.07, 6.45) is 2.17. The Labute approximate surface area is 103 Å². The van der Waals surface area contributed by atoms with Crippen LogP contribution in [0.5, 0.6) is 0 Å². The quantitative estimate of drug-likeness (QED) is 0.867. The summed E-state index contributed by atoms with van der Waals surface area (Å²) in [6, 6.07) is 12.4. The molecule has 0 aliphatic rings. The maximum Gasteiger partial charge on any atom is 0.0706 e. The SMILES string of the molecule is CCC(C)CC(N)c1ccc2ccccc2n1. The highest BCUT2D eigenvalue weighted by molar-refractivity contribution is 5.78. The van der Waals surface area contributed by atoms with E-state index in [4.69, 9.17) is 5.73 Å². The molecule has 1 aromatic carbocycles. The van der Waals surface area contributed by atoms with Crippen LogP contribution in [0.1, 0.15) is 38.4 Å². The van der Waals surface area contributed by atoms with Crippen LogP contribution in [0.25, 0.3) is 10.9 Å². The van der Waals surface area contributed by atoms with Crippen LogP contribution in [-0.4, -0.2) is 4.98 Å². The van der Waals surface area contributed by atoms with Gasteiger partial charge in [-0.2, -0.15) is 0 Å². The van der Waals surface area contributed by atoms with Crippen molar-refractivity contribution in [1.29, 1.82) is 0 Å². The molecule has 2 nitrogen and oxygen atoms in total. The molecule has 2 N–H and O–H groups in total. The molecule has 0 bridgehead atoms. The lowest BCUT2D eigenvalue weighted by Gasteiger charge is -2.15. The minimum Gasteiger partial charge on any atom is -0.323 e. The average Bonchev–Trinajstić information content (AvgIpc) is 2.38. The molecule has 0 saturated carbocycles. The second kappa shape index (κ2) is 5.28. The Morgan fingerprint density at radius 1 is 1.18 bits per heavy atom. The van der Waals surface area contributed by atoms with Crippen LogP contribution < -0.4 is 5.73 Å². The van der Waals surface area contributed by atoms with Gasteiger partial charge in [-0.3, -0.25) is 4.98 Å². The molecule has 0 aliphatic heterocycles. The second-order valence-electron chi connectivity index (χ2n) is 4.78. The van der Waals surface area contributed by atoms with Gasteiger partial charge < -0.3 is 5.73 Å². The molecule has 0 aliphatic carbocycles. The smallest absolute Gasteiger partial charge is 0.0706 e. The molecule has 0 amide bonds. The highest BCUT2D eigenvalue weighted by Crippen LogP contribution is 2.21. The summed E-state index contributed by atoms with van der Waals surface area (Å²) in [4.78, 5) is 4.64. The Morgan fingerprint density at radius 3 is 2.71 bits per heavy atom. The van der Waals surface area contributed by atoms with Crippen molar-refractivity contribution in [2.45, 2.75) is 32.7 Å². The lowest BCUT2D eigenvalue weighted by molar-refractivity contribution is 0.456. The van der Waals surface area contributed by atoms with Crippen LogP contribution >= 0.6 is 0 Å². The predicted molar refractivity (Wildman–Crippen MR) is 72.7 cm³/mol. The van der Waals surface area contributed by atoms with E-state index in [0.29, 0.717) is 5.92 Å². The largest absolute Gasteiger partial charge is 0.323 e. The van der Waals surface area contributed by atoms with Crippen LogP contribution in [0.15, 0.2) is 36.4 Å². The van der Waals surface area contributed by atoms with Gasteiger partial charge in [-0.05, 0) is 24.5 Å². The van der Waals surface area contributed by atoms with E-state index in [2.05, 4.69) is 37.0 Å². The second-order valence-corrected chi connectivity index (χ2v) is 4.78. The third kappa shape index (κ3) is 2.83. The molecular formula is C15H20N2. The lowest BCUT2D eigenvalue weighted by Crippen LogP contribution is -2.15. The minimum atomic E-state index is 0.0505. The summed E-state index contributed by atoms with van der Waals surface area (Å²) in [6.45, 7) is 4.44. The number of para-hydroxylation sites is 1. The van der Waals surface area contributed by atoms with Gasteiger partial charge in [0.1, 0.15) is 0 Å². The van der Waals surface area contributed by atoms with Crippen molar-refractivity contribution in [2.75, 3.05) is 0 Å². The number of nitrogens with zero attached hydrogens (tertiary/aromatic N) is 1. The third-order valence-corrected chi connectivity index (χ3v) is 3.35. The van der Waals surface area contributed by atoms with E-state index in [1.54, 1.807) is 0 Å². The van der Waals surface area contributed by atoms with E-state index < -0.39 is 0 Å². The standard InChI is InChI=1S/C15H20N2/c1-3-11(2)10-13(16)15-9-8-12-6-4-5-7-14(12)17-15/h4-9,11,13H,3,10,16H2,1-2H3. The number of aromatic nitrogens is 1. The van der Waals surface area contributed by atoms with Crippen molar-refractivity contribution < 1.29 is 0 Å². The fourth-order valence-corrected chi connectivity index (χ4v) is 2.01. The van der Waals surface area contributed by atoms with Gasteiger partial charge >= 0.3 is 0 Å². The summed E-state index contributed by atoms with van der Waals surface area (Å²) < 4.78 is 0. The number of hydrogen-bond donors (Lipinski definition) is 1. The average molecular weight is 228 g/mol. The Hall–Kier alpha value is -1.41. The number of fused-ring (bicyclic) bond motifs is 1. The molecule has 17 heavy (non-hydrogen) atoms. The molecule has 2 atom stereocenters. The van der Waals surface area contributed by atoms with Crippen molar-refractivity contribution in [1.82, 2.24) is 4.98 Å². The normalized spacial score (nSPS) is 14.8. The molecular weight excluding hydrogens is 208 g/mol. The fraction of sp³-hybridized carbons (Fsp3) is 0.400. The Morgan fingerprint density at radius 2 is 1.94 bits per heavy atom.